The highest BCUT2D eigenvalue weighted by Gasteiger charge is 2.05. The molecule has 1 aromatic carbocycles. The quantitative estimate of drug-likeness (QED) is 0.835. The second-order valence-corrected chi connectivity index (χ2v) is 4.28. The molecule has 20 heavy (non-hydrogen) atoms. The van der Waals surface area contributed by atoms with Crippen LogP contribution >= 0.6 is 0 Å². The van der Waals surface area contributed by atoms with E-state index in [4.69, 9.17) is 5.26 Å². The average Bonchev–Trinajstić information content (AvgIpc) is 2.47. The van der Waals surface area contributed by atoms with Crippen LogP contribution in [0.4, 0.5) is 11.5 Å². The minimum absolute atomic E-state index is 0.235. The van der Waals surface area contributed by atoms with E-state index in [1.54, 1.807) is 24.5 Å². The molecule has 2 aromatic rings. The van der Waals surface area contributed by atoms with Crippen LogP contribution in [0.2, 0.25) is 0 Å². The molecule has 2 heterocycles. The average molecular weight is 265 g/mol. The monoisotopic (exact) mass is 265 g/mol. The molecule has 0 saturated heterocycles. The number of nitriles is 1. The van der Waals surface area contributed by atoms with Crippen LogP contribution in [0.3, 0.4) is 0 Å². The second kappa shape index (κ2) is 4.99. The molecule has 3 rings (SSSR count). The predicted molar refractivity (Wildman–Crippen MR) is 72.4 cm³/mol. The number of benzene rings is 1. The minimum atomic E-state index is 0.235. The molecule has 0 atom stereocenters. The molecule has 1 aromatic heterocycles. The van der Waals surface area contributed by atoms with Crippen LogP contribution in [0, 0.1) is 11.3 Å². The molecule has 0 fully saturated rings. The van der Waals surface area contributed by atoms with Crippen LogP contribution in [-0.2, 0) is 0 Å². The van der Waals surface area contributed by atoms with Crippen LogP contribution in [0.1, 0.15) is 5.56 Å². The summed E-state index contributed by atoms with van der Waals surface area (Å²) in [4.78, 5) is 8.35. The first kappa shape index (κ1) is 12.1. The lowest BCUT2D eigenvalue weighted by Gasteiger charge is -2.13. The summed E-state index contributed by atoms with van der Waals surface area (Å²) in [5.41, 5.74) is 1.25. The lowest BCUT2D eigenvalue weighted by Crippen LogP contribution is -2.34. The first-order valence-corrected chi connectivity index (χ1v) is 6.00. The van der Waals surface area contributed by atoms with E-state index in [2.05, 4.69) is 21.4 Å². The zero-order valence-corrected chi connectivity index (χ0v) is 10.5. The van der Waals surface area contributed by atoms with Gasteiger partial charge in [0.15, 0.2) is 0 Å². The Morgan fingerprint density at radius 2 is 2.25 bits per heavy atom. The molecule has 6 nitrogen and oxygen atoms in total. The number of anilines is 2. The van der Waals surface area contributed by atoms with E-state index >= 15 is 0 Å². The van der Waals surface area contributed by atoms with Gasteiger partial charge in [-0.1, -0.05) is 0 Å². The molecule has 6 heteroatoms. The van der Waals surface area contributed by atoms with E-state index in [0.29, 0.717) is 11.4 Å². The first-order valence-electron chi connectivity index (χ1n) is 6.00. The number of nitrogens with zero attached hydrogens (tertiary/aromatic N) is 4. The summed E-state index contributed by atoms with van der Waals surface area (Å²) in [5, 5.41) is 24.2. The number of pyridine rings is 1. The van der Waals surface area contributed by atoms with Gasteiger partial charge in [0.2, 0.25) is 0 Å². The maximum Gasteiger partial charge on any atom is 0.148 e. The Balaban J connectivity index is 1.99. The van der Waals surface area contributed by atoms with Gasteiger partial charge >= 0.3 is 0 Å². The Hall–Kier alpha value is -2.91. The normalized spacial score (nSPS) is 12.7. The van der Waals surface area contributed by atoms with Crippen LogP contribution in [0.5, 0.6) is 0 Å². The van der Waals surface area contributed by atoms with Crippen molar-refractivity contribution in [1.29, 1.82) is 5.26 Å². The number of aromatic nitrogens is 1. The Bertz CT molecular complexity index is 809. The molecule has 0 bridgehead atoms. The zero-order chi connectivity index (χ0) is 13.9. The summed E-state index contributed by atoms with van der Waals surface area (Å²) in [5.74, 6) is 0.503. The summed E-state index contributed by atoms with van der Waals surface area (Å²) in [6.45, 7) is 0.235. The van der Waals surface area contributed by atoms with Gasteiger partial charge in [-0.15, -0.1) is 0 Å². The molecule has 0 saturated carbocycles. The van der Waals surface area contributed by atoms with Crippen molar-refractivity contribution in [2.75, 3.05) is 12.0 Å². The van der Waals surface area contributed by atoms with Crippen molar-refractivity contribution in [3.8, 4) is 6.07 Å². The van der Waals surface area contributed by atoms with E-state index in [-0.39, 0.29) is 6.67 Å². The maximum atomic E-state index is 9.43. The third-order valence-electron chi connectivity index (χ3n) is 2.89. The van der Waals surface area contributed by atoms with E-state index < -0.39 is 0 Å². The van der Waals surface area contributed by atoms with E-state index in [0.717, 1.165) is 21.3 Å². The van der Waals surface area contributed by atoms with E-state index in [1.807, 2.05) is 18.2 Å². The second-order valence-electron chi connectivity index (χ2n) is 4.28. The van der Waals surface area contributed by atoms with Gasteiger partial charge in [0, 0.05) is 23.3 Å². The molecule has 0 unspecified atom stereocenters. The number of rotatable bonds is 2. The molecule has 0 amide bonds. The topological polar surface area (TPSA) is 84.5 Å². The molecule has 2 N–H and O–H groups in total. The lowest BCUT2D eigenvalue weighted by atomic mass is 10.2. The number of hydrogen-bond acceptors (Lipinski definition) is 6. The fraction of sp³-hybridized carbons (Fsp3) is 0.0714. The fourth-order valence-electron chi connectivity index (χ4n) is 1.96. The Kier molecular flexibility index (Phi) is 3.03. The van der Waals surface area contributed by atoms with Crippen molar-refractivity contribution in [1.82, 2.24) is 10.0 Å². The number of hydroxylamine groups is 2. The van der Waals surface area contributed by atoms with Gasteiger partial charge in [0.05, 0.1) is 10.9 Å². The third kappa shape index (κ3) is 2.30. The van der Waals surface area contributed by atoms with E-state index in [1.165, 1.54) is 0 Å². The van der Waals surface area contributed by atoms with Gasteiger partial charge in [-0.3, -0.25) is 10.2 Å². The van der Waals surface area contributed by atoms with Crippen molar-refractivity contribution in [2.24, 2.45) is 4.99 Å². The molecular weight excluding hydrogens is 254 g/mol. The Labute approximate surface area is 114 Å². The van der Waals surface area contributed by atoms with E-state index in [9.17, 15) is 5.21 Å². The number of nitrogens with one attached hydrogen (secondary N) is 1. The van der Waals surface area contributed by atoms with Gasteiger partial charge in [0.1, 0.15) is 18.6 Å². The maximum absolute atomic E-state index is 9.43. The summed E-state index contributed by atoms with van der Waals surface area (Å²) in [6, 6.07) is 11.1. The van der Waals surface area contributed by atoms with Gasteiger partial charge < -0.3 is 5.32 Å². The summed E-state index contributed by atoms with van der Waals surface area (Å²) >= 11 is 0. The van der Waals surface area contributed by atoms with Crippen molar-refractivity contribution in [3.05, 3.63) is 52.7 Å². The highest BCUT2D eigenvalue weighted by Crippen LogP contribution is 2.15. The van der Waals surface area contributed by atoms with Crippen molar-refractivity contribution in [3.63, 3.8) is 0 Å². The SMILES string of the molecule is N#Cc1cccnc1Nc1ccc2c(c1)=CN(O)CN=2. The van der Waals surface area contributed by atoms with Crippen molar-refractivity contribution >= 4 is 17.7 Å². The highest BCUT2D eigenvalue weighted by atomic mass is 16.5. The molecule has 1 aliphatic rings. The van der Waals surface area contributed by atoms with Crippen LogP contribution in [-0.4, -0.2) is 21.9 Å². The highest BCUT2D eigenvalue weighted by molar-refractivity contribution is 5.62. The lowest BCUT2D eigenvalue weighted by molar-refractivity contribution is -0.0199. The van der Waals surface area contributed by atoms with Crippen LogP contribution in [0.25, 0.3) is 6.20 Å². The van der Waals surface area contributed by atoms with Crippen molar-refractivity contribution < 1.29 is 5.21 Å². The summed E-state index contributed by atoms with van der Waals surface area (Å²) < 4.78 is 0. The third-order valence-corrected chi connectivity index (χ3v) is 2.89. The van der Waals surface area contributed by atoms with Crippen molar-refractivity contribution in [2.45, 2.75) is 0 Å². The Morgan fingerprint density at radius 3 is 3.10 bits per heavy atom. The fourth-order valence-corrected chi connectivity index (χ4v) is 1.96. The summed E-state index contributed by atoms with van der Waals surface area (Å²) in [6.07, 6.45) is 3.23. The summed E-state index contributed by atoms with van der Waals surface area (Å²) in [7, 11) is 0. The molecular formula is C14H11N5O. The predicted octanol–water partition coefficient (Wildman–Crippen LogP) is 0.717. The van der Waals surface area contributed by atoms with Gasteiger partial charge in [-0.25, -0.2) is 10.0 Å². The Morgan fingerprint density at radius 1 is 1.35 bits per heavy atom. The molecule has 0 aliphatic carbocycles. The zero-order valence-electron chi connectivity index (χ0n) is 10.5. The first-order chi connectivity index (χ1) is 9.76. The van der Waals surface area contributed by atoms with Crippen LogP contribution < -0.4 is 15.9 Å². The number of fused-ring (bicyclic) bond motifs is 1. The van der Waals surface area contributed by atoms with Crippen LogP contribution in [0.15, 0.2) is 41.5 Å². The molecule has 1 aliphatic heterocycles. The number of hydrogen-bond donors (Lipinski definition) is 2. The standard InChI is InChI=1S/C14H11N5O/c15-7-10-2-1-5-16-14(10)18-12-3-4-13-11(6-12)8-19(20)9-17-13/h1-6,8,20H,9H2,(H,16,18). The molecule has 98 valence electrons. The smallest absolute Gasteiger partial charge is 0.148 e. The molecule has 0 spiro atoms. The van der Waals surface area contributed by atoms with Gasteiger partial charge in [0.25, 0.3) is 0 Å². The van der Waals surface area contributed by atoms with Gasteiger partial charge in [-0.05, 0) is 30.3 Å². The largest absolute Gasteiger partial charge is 0.339 e. The molecule has 0 radical (unpaired) electrons. The van der Waals surface area contributed by atoms with Gasteiger partial charge in [-0.2, -0.15) is 5.26 Å². The minimum Gasteiger partial charge on any atom is -0.339 e.